The third-order valence-corrected chi connectivity index (χ3v) is 2.70. The van der Waals surface area contributed by atoms with E-state index in [0.29, 0.717) is 4.09 Å². The zero-order chi connectivity index (χ0) is 14.5. The fourth-order valence-electron chi connectivity index (χ4n) is 1.46. The first-order chi connectivity index (χ1) is 9.61. The Kier molecular flexibility index (Phi) is 4.36. The number of hydrogen-bond acceptors (Lipinski definition) is 5. The summed E-state index contributed by atoms with van der Waals surface area (Å²) in [5.41, 5.74) is -0.889. The number of halogens is 1. The van der Waals surface area contributed by atoms with Gasteiger partial charge in [-0.15, -0.1) is 8.98 Å². The largest absolute Gasteiger partial charge is 0.483 e. The second kappa shape index (κ2) is 6.20. The van der Waals surface area contributed by atoms with Crippen LogP contribution in [0.1, 0.15) is 16.1 Å². The smallest absolute Gasteiger partial charge is 0.360 e. The minimum atomic E-state index is -1.54. The molecule has 0 atom stereocenters. The molecule has 1 N–H and O–H groups in total. The lowest BCUT2D eigenvalue weighted by Gasteiger charge is -2.07. The molecule has 0 radical (unpaired) electrons. The van der Waals surface area contributed by atoms with Gasteiger partial charge in [0.05, 0.1) is 6.20 Å². The minimum absolute atomic E-state index is 0.0656. The molecular weight excluding hydrogens is 287 g/mol. The minimum Gasteiger partial charge on any atom is -0.483 e. The summed E-state index contributed by atoms with van der Waals surface area (Å²) < 4.78 is 18.4. The molecule has 20 heavy (non-hydrogen) atoms. The number of nitrogens with zero attached hydrogens (tertiary/aromatic N) is 2. The molecule has 6 nitrogen and oxygen atoms in total. The van der Waals surface area contributed by atoms with E-state index in [2.05, 4.69) is 5.10 Å². The number of aromatic nitrogens is 2. The summed E-state index contributed by atoms with van der Waals surface area (Å²) >= 11 is -0.332. The number of carbonyl (C=O) groups is 1. The normalized spacial score (nSPS) is 10.2. The van der Waals surface area contributed by atoms with E-state index in [1.54, 1.807) is 24.3 Å². The van der Waals surface area contributed by atoms with E-state index in [9.17, 15) is 13.5 Å². The molecule has 0 bridgehead atoms. The van der Waals surface area contributed by atoms with Gasteiger partial charge in [0.1, 0.15) is 6.61 Å². The van der Waals surface area contributed by atoms with E-state index < -0.39 is 17.1 Å². The Hall–Kier alpha value is -2.35. The highest BCUT2D eigenvalue weighted by atomic mass is 32.2. The van der Waals surface area contributed by atoms with Crippen LogP contribution in [0.25, 0.3) is 0 Å². The fraction of sp³-hybridized carbons (Fsp3) is 0.0833. The predicted octanol–water partition coefficient (Wildman–Crippen LogP) is 1.90. The van der Waals surface area contributed by atoms with E-state index in [-0.39, 0.29) is 24.7 Å². The second-order valence-corrected chi connectivity index (χ2v) is 4.23. The molecule has 0 spiro atoms. The van der Waals surface area contributed by atoms with Crippen molar-refractivity contribution in [3.8, 4) is 5.75 Å². The van der Waals surface area contributed by atoms with Gasteiger partial charge in [0.2, 0.25) is 5.69 Å². The standard InChI is InChI=1S/C12H9FN2O4S/c13-20-15-6-9(11(16)10(14-15)12(17)18)19-7-8-4-2-1-3-5-8/h1-6H,7H2,(H,17,18). The molecule has 0 amide bonds. The van der Waals surface area contributed by atoms with E-state index >= 15 is 0 Å². The Labute approximate surface area is 117 Å². The Morgan fingerprint density at radius 1 is 1.40 bits per heavy atom. The SMILES string of the molecule is O=C(O)c1nn(SF)cc(OCc2ccccc2)c1=O. The molecule has 1 aromatic heterocycles. The van der Waals surface area contributed by atoms with E-state index in [0.717, 1.165) is 11.8 Å². The summed E-state index contributed by atoms with van der Waals surface area (Å²) in [4.78, 5) is 22.6. The van der Waals surface area contributed by atoms with Crippen molar-refractivity contribution in [2.75, 3.05) is 0 Å². The van der Waals surface area contributed by atoms with Crippen molar-refractivity contribution in [2.24, 2.45) is 0 Å². The highest BCUT2D eigenvalue weighted by molar-refractivity contribution is 7.92. The predicted molar refractivity (Wildman–Crippen MR) is 70.3 cm³/mol. The molecule has 0 unspecified atom stereocenters. The van der Waals surface area contributed by atoms with Gasteiger partial charge >= 0.3 is 5.97 Å². The quantitative estimate of drug-likeness (QED) is 0.907. The van der Waals surface area contributed by atoms with Crippen molar-refractivity contribution in [3.63, 3.8) is 0 Å². The summed E-state index contributed by atoms with van der Waals surface area (Å²) in [7, 11) is 0. The molecule has 2 aromatic rings. The average molecular weight is 296 g/mol. The van der Waals surface area contributed by atoms with E-state index in [1.165, 1.54) is 0 Å². The first-order valence-electron chi connectivity index (χ1n) is 5.45. The van der Waals surface area contributed by atoms with Crippen LogP contribution in [-0.2, 0) is 6.61 Å². The first-order valence-corrected chi connectivity index (χ1v) is 6.12. The topological polar surface area (TPSA) is 81.4 Å². The number of ether oxygens (including phenoxy) is 1. The molecule has 1 aromatic carbocycles. The highest BCUT2D eigenvalue weighted by Crippen LogP contribution is 2.12. The van der Waals surface area contributed by atoms with Gasteiger partial charge in [0.25, 0.3) is 5.43 Å². The molecule has 0 saturated heterocycles. The Morgan fingerprint density at radius 3 is 2.70 bits per heavy atom. The van der Waals surface area contributed by atoms with Crippen molar-refractivity contribution >= 4 is 18.3 Å². The molecule has 0 saturated carbocycles. The molecule has 2 rings (SSSR count). The summed E-state index contributed by atoms with van der Waals surface area (Å²) in [6, 6.07) is 8.97. The lowest BCUT2D eigenvalue weighted by molar-refractivity contribution is 0.0686. The Bertz CT molecular complexity index is 675. The van der Waals surface area contributed by atoms with E-state index in [4.69, 9.17) is 9.84 Å². The summed E-state index contributed by atoms with van der Waals surface area (Å²) in [6.45, 7) is 0.0656. The summed E-state index contributed by atoms with van der Waals surface area (Å²) in [6.07, 6.45) is 1.00. The van der Waals surface area contributed by atoms with Crippen LogP contribution in [0.2, 0.25) is 0 Å². The maximum absolute atomic E-state index is 12.5. The lowest BCUT2D eigenvalue weighted by atomic mass is 10.2. The number of rotatable bonds is 5. The third kappa shape index (κ3) is 3.15. The van der Waals surface area contributed by atoms with Gasteiger partial charge in [-0.05, 0) is 5.56 Å². The van der Waals surface area contributed by atoms with Gasteiger partial charge in [0.15, 0.2) is 18.1 Å². The molecule has 0 aliphatic heterocycles. The summed E-state index contributed by atoms with van der Waals surface area (Å²) in [5, 5.41) is 12.2. The molecule has 104 valence electrons. The van der Waals surface area contributed by atoms with Crippen molar-refractivity contribution < 1.29 is 18.5 Å². The fourth-order valence-corrected chi connectivity index (χ4v) is 1.71. The van der Waals surface area contributed by atoms with Crippen LogP contribution in [0.4, 0.5) is 3.89 Å². The number of carboxylic acid groups (broad SMARTS) is 1. The number of aromatic carboxylic acids is 1. The lowest BCUT2D eigenvalue weighted by Crippen LogP contribution is -2.22. The molecule has 0 fully saturated rings. The van der Waals surface area contributed by atoms with Gasteiger partial charge < -0.3 is 9.84 Å². The van der Waals surface area contributed by atoms with Crippen LogP contribution in [0.3, 0.4) is 0 Å². The second-order valence-electron chi connectivity index (χ2n) is 3.72. The van der Waals surface area contributed by atoms with E-state index in [1.807, 2.05) is 6.07 Å². The number of carboxylic acids is 1. The van der Waals surface area contributed by atoms with Crippen molar-refractivity contribution in [2.45, 2.75) is 6.61 Å². The van der Waals surface area contributed by atoms with Crippen LogP contribution in [0.5, 0.6) is 5.75 Å². The molecule has 1 heterocycles. The van der Waals surface area contributed by atoms with Crippen molar-refractivity contribution in [3.05, 3.63) is 58.0 Å². The zero-order valence-corrected chi connectivity index (χ0v) is 10.8. The zero-order valence-electron chi connectivity index (χ0n) is 10.0. The van der Waals surface area contributed by atoms with Gasteiger partial charge in [0, 0.05) is 0 Å². The monoisotopic (exact) mass is 296 g/mol. The van der Waals surface area contributed by atoms with Crippen LogP contribution >= 0.6 is 12.3 Å². The van der Waals surface area contributed by atoms with Crippen LogP contribution in [-0.4, -0.2) is 20.3 Å². The third-order valence-electron chi connectivity index (χ3n) is 2.38. The van der Waals surface area contributed by atoms with Crippen LogP contribution in [0, 0.1) is 0 Å². The van der Waals surface area contributed by atoms with Gasteiger partial charge in [-0.2, -0.15) is 4.09 Å². The highest BCUT2D eigenvalue weighted by Gasteiger charge is 2.17. The first kappa shape index (κ1) is 14.1. The van der Waals surface area contributed by atoms with Crippen molar-refractivity contribution in [1.82, 2.24) is 9.19 Å². The van der Waals surface area contributed by atoms with Crippen LogP contribution < -0.4 is 10.2 Å². The molecule has 0 aliphatic rings. The number of benzene rings is 1. The molecular formula is C12H9FN2O4S. The maximum Gasteiger partial charge on any atom is 0.360 e. The van der Waals surface area contributed by atoms with Gasteiger partial charge in [-0.1, -0.05) is 30.3 Å². The van der Waals surface area contributed by atoms with Gasteiger partial charge in [-0.3, -0.25) is 4.79 Å². The molecule has 8 heteroatoms. The maximum atomic E-state index is 12.5. The molecule has 0 aliphatic carbocycles. The Morgan fingerprint density at radius 2 is 2.10 bits per heavy atom. The number of hydrogen-bond donors (Lipinski definition) is 1. The van der Waals surface area contributed by atoms with Crippen molar-refractivity contribution in [1.29, 1.82) is 0 Å². The Balaban J connectivity index is 2.29. The average Bonchev–Trinajstić information content (AvgIpc) is 2.47. The van der Waals surface area contributed by atoms with Gasteiger partial charge in [-0.25, -0.2) is 4.79 Å². The summed E-state index contributed by atoms with van der Waals surface area (Å²) in [5.74, 6) is -1.81. The van der Waals surface area contributed by atoms with Crippen LogP contribution in [0.15, 0.2) is 41.3 Å².